The van der Waals surface area contributed by atoms with Gasteiger partial charge >= 0.3 is 0 Å². The van der Waals surface area contributed by atoms with Crippen LogP contribution >= 0.6 is 36.7 Å². The molecule has 0 aromatic heterocycles. The maximum atomic E-state index is 3.35. The Bertz CT molecular complexity index is 144. The van der Waals surface area contributed by atoms with Crippen molar-refractivity contribution >= 4 is 40.7 Å². The molecule has 0 aromatic rings. The van der Waals surface area contributed by atoms with Crippen molar-refractivity contribution in [3.05, 3.63) is 20.7 Å². The summed E-state index contributed by atoms with van der Waals surface area (Å²) < 4.78 is 5.64. The topological polar surface area (TPSA) is 0 Å². The Balaban J connectivity index is 2.82. The molecule has 0 unspecified atom stereocenters. The highest BCUT2D eigenvalue weighted by Gasteiger charge is 1.81. The minimum Gasteiger partial charge on any atom is -0.0937 e. The molecule has 0 spiro atoms. The fourth-order valence-electron chi connectivity index (χ4n) is 0.291. The lowest BCUT2D eigenvalue weighted by Crippen LogP contribution is -1.65. The second kappa shape index (κ2) is 2.77. The Kier molecular flexibility index (Phi) is 2.25. The molecule has 0 bridgehead atoms. The van der Waals surface area contributed by atoms with Crippen molar-refractivity contribution < 1.29 is 0 Å². The average Bonchev–Trinajstić information content (AvgIpc) is 1.69. The molecule has 0 aromatic carbocycles. The largest absolute Gasteiger partial charge is 0.0937 e. The smallest absolute Gasteiger partial charge is 0.0183 e. The summed E-state index contributed by atoms with van der Waals surface area (Å²) in [6.45, 7) is 0. The highest BCUT2D eigenvalue weighted by molar-refractivity contribution is 14.2. The number of rotatable bonds is 0. The summed E-state index contributed by atoms with van der Waals surface area (Å²) in [5.74, 6) is 0. The summed E-state index contributed by atoms with van der Waals surface area (Å²) in [5, 5.41) is 0. The minimum absolute atomic E-state index is 0.276. The predicted octanol–water partition coefficient (Wildman–Crippen LogP) is 2.57. The van der Waals surface area contributed by atoms with E-state index >= 15 is 0 Å². The number of halogens is 2. The van der Waals surface area contributed by atoms with Crippen molar-refractivity contribution in [2.75, 3.05) is 0 Å². The van der Waals surface area contributed by atoms with Crippen molar-refractivity contribution in [3.63, 3.8) is 0 Å². The molecule has 0 N–H and O–H groups in total. The minimum atomic E-state index is 0.276. The molecular formula is C5H4BrI. The predicted molar refractivity (Wildman–Crippen MR) is 46.2 cm³/mol. The van der Waals surface area contributed by atoms with Crippen molar-refractivity contribution in [3.8, 4) is 0 Å². The van der Waals surface area contributed by atoms with Crippen LogP contribution in [0.25, 0.3) is 0 Å². The molecule has 0 saturated heterocycles. The van der Waals surface area contributed by atoms with E-state index in [0.717, 1.165) is 0 Å². The molecule has 7 heavy (non-hydrogen) atoms. The highest BCUT2D eigenvalue weighted by atomic mass is 127. The molecule has 1 aliphatic rings. The van der Waals surface area contributed by atoms with Gasteiger partial charge < -0.3 is 0 Å². The van der Waals surface area contributed by atoms with Gasteiger partial charge in [-0.2, -0.15) is 0 Å². The first-order valence-electron chi connectivity index (χ1n) is 1.87. The van der Waals surface area contributed by atoms with Crippen LogP contribution in [0.3, 0.4) is 0 Å². The summed E-state index contributed by atoms with van der Waals surface area (Å²) >= 11 is 3.62. The Morgan fingerprint density at radius 2 is 2.43 bits per heavy atom. The molecule has 0 amide bonds. The van der Waals surface area contributed by atoms with Crippen LogP contribution in [0, 0.1) is 0 Å². The van der Waals surface area contributed by atoms with Gasteiger partial charge in [0.05, 0.1) is 0 Å². The van der Waals surface area contributed by atoms with Crippen LogP contribution in [0.5, 0.6) is 0 Å². The van der Waals surface area contributed by atoms with E-state index in [1.54, 1.807) is 0 Å². The van der Waals surface area contributed by atoms with E-state index in [9.17, 15) is 0 Å². The molecule has 1 aliphatic heterocycles. The number of hydrogen-bond donors (Lipinski definition) is 0. The van der Waals surface area contributed by atoms with E-state index in [-0.39, 0.29) is 20.7 Å². The van der Waals surface area contributed by atoms with E-state index < -0.39 is 0 Å². The van der Waals surface area contributed by atoms with Crippen LogP contribution < -0.4 is 0 Å². The first-order valence-corrected chi connectivity index (χ1v) is 5.15. The fraction of sp³-hybridized carbons (Fsp3) is 0. The summed E-state index contributed by atoms with van der Waals surface area (Å²) in [5.41, 5.74) is 0. The van der Waals surface area contributed by atoms with E-state index in [1.165, 1.54) is 4.48 Å². The molecular weight excluding hydrogens is 267 g/mol. The van der Waals surface area contributed by atoms with Crippen molar-refractivity contribution in [1.82, 2.24) is 0 Å². The molecule has 0 radical (unpaired) electrons. The molecule has 1 heterocycles. The monoisotopic (exact) mass is 270 g/mol. The summed E-state index contributed by atoms with van der Waals surface area (Å²) in [7, 11) is 0. The van der Waals surface area contributed by atoms with E-state index in [2.05, 4.69) is 36.2 Å². The van der Waals surface area contributed by atoms with Crippen LogP contribution in [0.4, 0.5) is 0 Å². The molecule has 0 fully saturated rings. The third kappa shape index (κ3) is 1.86. The second-order valence-electron chi connectivity index (χ2n) is 1.10. The van der Waals surface area contributed by atoms with E-state index in [1.807, 2.05) is 0 Å². The fourth-order valence-corrected chi connectivity index (χ4v) is 2.97. The Morgan fingerprint density at radius 3 is 2.71 bits per heavy atom. The lowest BCUT2D eigenvalue weighted by atomic mass is 10.5. The zero-order valence-corrected chi connectivity index (χ0v) is 7.31. The van der Waals surface area contributed by atoms with Gasteiger partial charge in [-0.05, 0) is 20.2 Å². The molecule has 0 atom stereocenters. The lowest BCUT2D eigenvalue weighted by Gasteiger charge is -1.86. The number of hydrogen-bond acceptors (Lipinski definition) is 0. The van der Waals surface area contributed by atoms with Gasteiger partial charge in [-0.25, -0.2) is 0 Å². The maximum Gasteiger partial charge on any atom is 0.0183 e. The van der Waals surface area contributed by atoms with Crippen LogP contribution in [-0.4, -0.2) is 4.01 Å². The molecule has 0 aliphatic carbocycles. The van der Waals surface area contributed by atoms with Gasteiger partial charge in [0.2, 0.25) is 0 Å². The van der Waals surface area contributed by atoms with Crippen LogP contribution in [0.1, 0.15) is 0 Å². The molecule has 1 rings (SSSR count). The summed E-state index contributed by atoms with van der Waals surface area (Å²) in [6, 6.07) is 0. The molecule has 0 nitrogen and oxygen atoms in total. The molecule has 0 saturated carbocycles. The third-order valence-corrected chi connectivity index (χ3v) is 2.67. The van der Waals surface area contributed by atoms with Gasteiger partial charge in [0, 0.05) is 4.48 Å². The summed E-state index contributed by atoms with van der Waals surface area (Å²) in [4.78, 5) is 0. The highest BCUT2D eigenvalue weighted by Crippen LogP contribution is 2.13. The zero-order chi connectivity index (χ0) is 5.11. The quantitative estimate of drug-likeness (QED) is 0.594. The average molecular weight is 271 g/mol. The summed E-state index contributed by atoms with van der Waals surface area (Å²) in [6.07, 6.45) is 4.21. The maximum absolute atomic E-state index is 3.35. The van der Waals surface area contributed by atoms with Gasteiger partial charge in [0.25, 0.3) is 0 Å². The van der Waals surface area contributed by atoms with E-state index in [0.29, 0.717) is 0 Å². The van der Waals surface area contributed by atoms with Crippen molar-refractivity contribution in [2.24, 2.45) is 0 Å². The van der Waals surface area contributed by atoms with Crippen LogP contribution in [-0.2, 0) is 0 Å². The first kappa shape index (κ1) is 5.69. The lowest BCUT2D eigenvalue weighted by molar-refractivity contribution is 2.03. The van der Waals surface area contributed by atoms with Gasteiger partial charge in [-0.1, -0.05) is 36.7 Å². The van der Waals surface area contributed by atoms with Crippen molar-refractivity contribution in [1.29, 1.82) is 0 Å². The van der Waals surface area contributed by atoms with Crippen LogP contribution in [0.2, 0.25) is 0 Å². The van der Waals surface area contributed by atoms with Gasteiger partial charge in [-0.3, -0.25) is 0 Å². The first-order chi connectivity index (χ1) is 3.39. The normalized spacial score (nSPS) is 18.1. The van der Waals surface area contributed by atoms with Crippen molar-refractivity contribution in [2.45, 2.75) is 0 Å². The molecule has 38 valence electrons. The zero-order valence-electron chi connectivity index (χ0n) is 3.57. The Labute approximate surface area is 61.2 Å². The van der Waals surface area contributed by atoms with Gasteiger partial charge in [0.1, 0.15) is 0 Å². The standard InChI is InChI=1S/C5H4BrI/c6-5-1-3-7-4-2-5/h1-4H. The SMILES string of the molecule is BrC1=CC=IC=C1. The van der Waals surface area contributed by atoms with Gasteiger partial charge in [0.15, 0.2) is 0 Å². The van der Waals surface area contributed by atoms with E-state index in [4.69, 9.17) is 0 Å². The third-order valence-electron chi connectivity index (χ3n) is 0.590. The number of allylic oxidation sites excluding steroid dienone is 3. The molecule has 2 heteroatoms. The van der Waals surface area contributed by atoms with Gasteiger partial charge in [-0.15, -0.1) is 0 Å². The second-order valence-corrected chi connectivity index (χ2v) is 4.17. The Morgan fingerprint density at radius 1 is 1.57 bits per heavy atom. The Hall–Kier alpha value is 0.560. The van der Waals surface area contributed by atoms with Crippen LogP contribution in [0.15, 0.2) is 20.7 Å².